The van der Waals surface area contributed by atoms with Gasteiger partial charge >= 0.3 is 22.4 Å². The van der Waals surface area contributed by atoms with Crippen LogP contribution >= 0.6 is 0 Å². The number of alkyl carbamates (subject to hydrolysis) is 1. The summed E-state index contributed by atoms with van der Waals surface area (Å²) in [5.74, 6) is -2.81. The average Bonchev–Trinajstić information content (AvgIpc) is 3.41. The number of nitrogens with two attached hydrogens (primary N) is 1. The fourth-order valence-corrected chi connectivity index (χ4v) is 8.16. The van der Waals surface area contributed by atoms with Gasteiger partial charge in [-0.3, -0.25) is 24.0 Å². The summed E-state index contributed by atoms with van der Waals surface area (Å²) in [5, 5.41) is 5.47. The van der Waals surface area contributed by atoms with Gasteiger partial charge in [0.15, 0.2) is 0 Å². The molecule has 2 aromatic rings. The molecule has 5 atom stereocenters. The smallest absolute Gasteiger partial charge is 0.410 e. The molecule has 2 aromatic carbocycles. The summed E-state index contributed by atoms with van der Waals surface area (Å²) >= 11 is 0. The third-order valence-corrected chi connectivity index (χ3v) is 11.1. The second kappa shape index (κ2) is 15.8. The number of benzene rings is 2. The first-order chi connectivity index (χ1) is 26.0. The normalized spacial score (nSPS) is 26.2. The molecule has 1 saturated heterocycles. The molecule has 6 N–H and O–H groups in total. The Labute approximate surface area is 320 Å². The van der Waals surface area contributed by atoms with E-state index in [2.05, 4.69) is 20.1 Å². The van der Waals surface area contributed by atoms with E-state index >= 15 is 0 Å². The van der Waals surface area contributed by atoms with E-state index in [1.54, 1.807) is 26.8 Å². The molecular weight excluding hydrogens is 731 g/mol. The lowest BCUT2D eigenvalue weighted by Gasteiger charge is -2.30. The minimum atomic E-state index is -4.44. The molecule has 2 fully saturated rings. The van der Waals surface area contributed by atoms with Gasteiger partial charge in [0, 0.05) is 31.1 Å². The zero-order valence-corrected chi connectivity index (χ0v) is 32.0. The molecule has 0 radical (unpaired) electrons. The van der Waals surface area contributed by atoms with E-state index in [1.807, 2.05) is 30.3 Å². The van der Waals surface area contributed by atoms with Crippen molar-refractivity contribution >= 4 is 51.5 Å². The molecule has 3 aliphatic heterocycles. The molecule has 17 heteroatoms. The number of allylic oxidation sites excluding steroid dienone is 1. The van der Waals surface area contributed by atoms with Crippen LogP contribution in [-0.4, -0.2) is 84.0 Å². The van der Waals surface area contributed by atoms with Gasteiger partial charge in [-0.05, 0) is 81.8 Å². The summed E-state index contributed by atoms with van der Waals surface area (Å²) in [4.78, 5) is 71.7. The Hall–Kier alpha value is -5.32. The highest BCUT2D eigenvalue weighted by Crippen LogP contribution is 2.46. The van der Waals surface area contributed by atoms with E-state index in [1.165, 1.54) is 34.1 Å². The van der Waals surface area contributed by atoms with Crippen LogP contribution in [0.1, 0.15) is 76.8 Å². The van der Waals surface area contributed by atoms with Gasteiger partial charge in [0.1, 0.15) is 29.3 Å². The summed E-state index contributed by atoms with van der Waals surface area (Å²) < 4.78 is 41.9. The lowest BCUT2D eigenvalue weighted by Crippen LogP contribution is -2.58. The molecule has 6 rings (SSSR count). The van der Waals surface area contributed by atoms with Gasteiger partial charge in [0.2, 0.25) is 11.8 Å². The first kappa shape index (κ1) is 39.4. The molecule has 3 heterocycles. The van der Waals surface area contributed by atoms with Crippen LogP contribution in [0.15, 0.2) is 60.7 Å². The Morgan fingerprint density at radius 2 is 1.67 bits per heavy atom. The van der Waals surface area contributed by atoms with Crippen LogP contribution in [0.5, 0.6) is 0 Å². The second-order valence-corrected chi connectivity index (χ2v) is 17.0. The monoisotopic (exact) mass is 779 g/mol. The summed E-state index contributed by atoms with van der Waals surface area (Å²) in [5.41, 5.74) is 5.79. The number of amides is 5. The van der Waals surface area contributed by atoms with E-state index < -0.39 is 75.4 Å². The van der Waals surface area contributed by atoms with E-state index in [4.69, 9.17) is 15.2 Å². The van der Waals surface area contributed by atoms with E-state index in [0.717, 1.165) is 17.5 Å². The third kappa shape index (κ3) is 9.68. The van der Waals surface area contributed by atoms with Crippen molar-refractivity contribution < 1.29 is 41.9 Å². The lowest BCUT2D eigenvalue weighted by molar-refractivity contribution is -0.141. The number of hydrogen-bond acceptors (Lipinski definition) is 10. The van der Waals surface area contributed by atoms with Crippen molar-refractivity contribution in [1.82, 2.24) is 25.2 Å². The number of carbonyl (C=O) groups is 5. The van der Waals surface area contributed by atoms with Crippen LogP contribution < -0.4 is 25.8 Å². The van der Waals surface area contributed by atoms with Crippen molar-refractivity contribution in [3.05, 3.63) is 71.8 Å². The van der Waals surface area contributed by atoms with Crippen molar-refractivity contribution in [2.45, 2.75) is 108 Å². The van der Waals surface area contributed by atoms with Crippen LogP contribution in [0.3, 0.4) is 0 Å². The summed E-state index contributed by atoms with van der Waals surface area (Å²) in [6, 6.07) is 11.2. The lowest BCUT2D eigenvalue weighted by atomic mass is 10.0. The number of nitrogen functional groups attached to an aromatic ring is 1. The number of ether oxygens (including phenoxy) is 2. The van der Waals surface area contributed by atoms with Crippen molar-refractivity contribution in [2.75, 3.05) is 17.0 Å². The topological polar surface area (TPSA) is 219 Å². The minimum absolute atomic E-state index is 0.0988. The molecule has 1 aliphatic carbocycles. The fourth-order valence-electron chi connectivity index (χ4n) is 7.24. The standard InChI is InChI=1S/C38H49N7O9S/c1-37(2,3)54-35(49)40-30-14-8-6-4-5-7-13-26-20-38(26,34(48)43-55(51,52)42-28-17-15-27(39)16-18-28)41-32(46)31-19-29(23-45(31)33(30)47)53-36(50)44-21-24-11-9-10-12-25(24)22-44/h7,9-13,15-18,26,29-31,42H,4-6,8,14,19-23,39H2,1-3H3,(H,40,49)(H,41,46)(H,43,48)/b13-7-/t26-,29-,30+,31+,38-/m1/s1. The molecule has 55 heavy (non-hydrogen) atoms. The van der Waals surface area contributed by atoms with Gasteiger partial charge in [0.05, 0.1) is 12.2 Å². The minimum Gasteiger partial charge on any atom is -0.444 e. The Morgan fingerprint density at radius 1 is 0.982 bits per heavy atom. The van der Waals surface area contributed by atoms with Gasteiger partial charge in [-0.25, -0.2) is 14.3 Å². The van der Waals surface area contributed by atoms with Crippen molar-refractivity contribution in [2.24, 2.45) is 5.92 Å². The molecule has 0 spiro atoms. The maximum Gasteiger partial charge on any atom is 0.410 e. The van der Waals surface area contributed by atoms with Crippen LogP contribution in [-0.2, 0) is 47.2 Å². The molecule has 4 aliphatic rings. The van der Waals surface area contributed by atoms with Crippen LogP contribution in [0.4, 0.5) is 21.0 Å². The summed E-state index contributed by atoms with van der Waals surface area (Å²) in [6.45, 7) is 5.64. The van der Waals surface area contributed by atoms with Gasteiger partial charge in [-0.15, -0.1) is 0 Å². The Balaban J connectivity index is 1.24. The number of fused-ring (bicyclic) bond motifs is 3. The molecular formula is C38H49N7O9S. The zero-order valence-electron chi connectivity index (χ0n) is 31.2. The van der Waals surface area contributed by atoms with Crippen LogP contribution in [0, 0.1) is 5.92 Å². The maximum absolute atomic E-state index is 14.4. The molecule has 0 aromatic heterocycles. The van der Waals surface area contributed by atoms with Crippen molar-refractivity contribution in [1.29, 1.82) is 0 Å². The highest BCUT2D eigenvalue weighted by atomic mass is 32.2. The predicted octanol–water partition coefficient (Wildman–Crippen LogP) is 3.45. The van der Waals surface area contributed by atoms with Gasteiger partial charge in [0.25, 0.3) is 5.91 Å². The first-order valence-electron chi connectivity index (χ1n) is 18.5. The molecule has 0 unspecified atom stereocenters. The molecule has 296 valence electrons. The highest BCUT2D eigenvalue weighted by molar-refractivity contribution is 7.91. The van der Waals surface area contributed by atoms with Crippen LogP contribution in [0.2, 0.25) is 0 Å². The number of nitrogens with one attached hydrogen (secondary N) is 4. The molecule has 1 saturated carbocycles. The summed E-state index contributed by atoms with van der Waals surface area (Å²) in [7, 11) is -4.44. The maximum atomic E-state index is 14.4. The van der Waals surface area contributed by atoms with E-state index in [0.29, 0.717) is 38.0 Å². The zero-order chi connectivity index (χ0) is 39.5. The number of carbonyl (C=O) groups excluding carboxylic acids is 5. The Bertz CT molecular complexity index is 1920. The SMILES string of the molecule is CC(C)(C)OC(=O)N[C@H]1CCCCC/C=C\[C@@H]2C[C@@]2(C(=O)NS(=O)(=O)Nc2ccc(N)cc2)NC(=O)[C@@H]2C[C@@H](OC(=O)N3Cc4ccccc4C3)CN2C1=O. The van der Waals surface area contributed by atoms with E-state index in [9.17, 15) is 32.4 Å². The van der Waals surface area contributed by atoms with E-state index in [-0.39, 0.29) is 31.5 Å². The Kier molecular flexibility index (Phi) is 11.3. The fraction of sp³-hybridized carbons (Fsp3) is 0.500. The average molecular weight is 780 g/mol. The van der Waals surface area contributed by atoms with Crippen molar-refractivity contribution in [3.63, 3.8) is 0 Å². The van der Waals surface area contributed by atoms with Crippen molar-refractivity contribution in [3.8, 4) is 0 Å². The van der Waals surface area contributed by atoms with Gasteiger partial charge in [-0.1, -0.05) is 49.3 Å². The number of anilines is 2. The Morgan fingerprint density at radius 3 is 2.35 bits per heavy atom. The predicted molar refractivity (Wildman–Crippen MR) is 202 cm³/mol. The summed E-state index contributed by atoms with van der Waals surface area (Å²) in [6.07, 6.45) is 4.32. The van der Waals surface area contributed by atoms with Crippen LogP contribution in [0.25, 0.3) is 0 Å². The molecule has 5 amide bonds. The van der Waals surface area contributed by atoms with Gasteiger partial charge in [-0.2, -0.15) is 8.42 Å². The largest absolute Gasteiger partial charge is 0.444 e. The number of nitrogens with zero attached hydrogens (tertiary/aromatic N) is 2. The number of hydrogen-bond donors (Lipinski definition) is 5. The highest BCUT2D eigenvalue weighted by Gasteiger charge is 2.61. The molecule has 16 nitrogen and oxygen atoms in total. The second-order valence-electron chi connectivity index (χ2n) is 15.6. The number of rotatable bonds is 6. The first-order valence-corrected chi connectivity index (χ1v) is 20.0. The van der Waals surface area contributed by atoms with Gasteiger partial charge < -0.3 is 30.7 Å². The third-order valence-electron chi connectivity index (χ3n) is 10.1. The molecule has 0 bridgehead atoms. The quantitative estimate of drug-likeness (QED) is 0.213.